The zero-order chi connectivity index (χ0) is 39.4. The lowest BCUT2D eigenvalue weighted by atomic mass is 9.32. The maximum absolute atomic E-state index is 13.8. The van der Waals surface area contributed by atoms with Gasteiger partial charge in [-0.15, -0.1) is 0 Å². The van der Waals surface area contributed by atoms with Crippen LogP contribution in [-0.2, 0) is 47.6 Å². The molecule has 6 aliphatic rings. The molecule has 4 saturated carbocycles. The van der Waals surface area contributed by atoms with Gasteiger partial charge in [0.15, 0.2) is 6.10 Å². The summed E-state index contributed by atoms with van der Waals surface area (Å²) in [6.07, 6.45) is 1.34. The second kappa shape index (κ2) is 12.5. The predicted octanol–water partition coefficient (Wildman–Crippen LogP) is 4.97. The quantitative estimate of drug-likeness (QED) is 0.180. The topological polar surface area (TPSA) is 164 Å². The van der Waals surface area contributed by atoms with Crippen LogP contribution in [0, 0.1) is 46.3 Å². The molecule has 5 fully saturated rings. The van der Waals surface area contributed by atoms with Crippen LogP contribution in [0.15, 0.2) is 48.6 Å². The van der Waals surface area contributed by atoms with Crippen molar-refractivity contribution < 1.29 is 57.5 Å². The van der Waals surface area contributed by atoms with Gasteiger partial charge in [0.1, 0.15) is 24.9 Å². The molecule has 0 amide bonds. The molecule has 12 nitrogen and oxygen atoms in total. The van der Waals surface area contributed by atoms with Crippen molar-refractivity contribution in [3.63, 3.8) is 0 Å². The van der Waals surface area contributed by atoms with E-state index in [0.717, 1.165) is 5.56 Å². The van der Waals surface area contributed by atoms with Crippen molar-refractivity contribution in [2.45, 2.75) is 116 Å². The van der Waals surface area contributed by atoms with Crippen molar-refractivity contribution in [1.29, 1.82) is 0 Å². The molecule has 0 spiro atoms. The number of hydrogen-bond donors (Lipinski definition) is 1. The van der Waals surface area contributed by atoms with Crippen molar-refractivity contribution >= 4 is 29.8 Å². The molecule has 1 saturated heterocycles. The van der Waals surface area contributed by atoms with Crippen LogP contribution >= 0.6 is 0 Å². The zero-order valence-corrected chi connectivity index (χ0v) is 32.4. The van der Waals surface area contributed by atoms with E-state index in [1.165, 1.54) is 27.0 Å². The summed E-state index contributed by atoms with van der Waals surface area (Å²) in [5.41, 5.74) is -5.78. The number of aliphatic hydroxyl groups is 1. The molecule has 1 N–H and O–H groups in total. The fraction of sp³-hybridized carbons (Fsp3) is 0.643. The second-order valence-electron chi connectivity index (χ2n) is 17.4. The Morgan fingerprint density at radius 2 is 1.67 bits per heavy atom. The highest BCUT2D eigenvalue weighted by atomic mass is 16.7. The van der Waals surface area contributed by atoms with Gasteiger partial charge >= 0.3 is 29.8 Å². The van der Waals surface area contributed by atoms with E-state index in [9.17, 15) is 29.1 Å². The summed E-state index contributed by atoms with van der Waals surface area (Å²) in [7, 11) is 1.24. The fourth-order valence-corrected chi connectivity index (χ4v) is 12.7. The Balaban J connectivity index is 1.37. The first-order valence-electron chi connectivity index (χ1n) is 18.9. The van der Waals surface area contributed by atoms with Crippen molar-refractivity contribution in [2.75, 3.05) is 13.7 Å². The third kappa shape index (κ3) is 4.90. The molecular weight excluding hydrogens is 696 g/mol. The highest BCUT2D eigenvalue weighted by molar-refractivity contribution is 5.90. The SMILES string of the molecule is C=C1C[C@@]2(O)C3CC[C@]4(C)C(CC[C@@]5(C(C)OC(=O)c6cccc(C)c6)COC(=O)C=C[C@H]54)[C@@]3(C)[C@H](OC(C)=O)[C@H](OC(C)=O)[C@@]2(C)[C@]2(C(=O)OC)O[C@H]12. The number of cyclic esters (lactones) is 1. The number of ether oxygens (including phenoxy) is 6. The van der Waals surface area contributed by atoms with Crippen LogP contribution in [-0.4, -0.2) is 84.3 Å². The van der Waals surface area contributed by atoms with Crippen molar-refractivity contribution in [1.82, 2.24) is 0 Å². The number of methoxy groups -OCH3 is 1. The third-order valence-corrected chi connectivity index (χ3v) is 15.0. The number of esters is 5. The Kier molecular flexibility index (Phi) is 8.85. The molecule has 1 aromatic carbocycles. The first-order valence-corrected chi connectivity index (χ1v) is 18.9. The van der Waals surface area contributed by atoms with E-state index in [0.29, 0.717) is 36.8 Å². The van der Waals surface area contributed by atoms with E-state index in [1.807, 2.05) is 32.9 Å². The minimum absolute atomic E-state index is 0.0138. The Morgan fingerprint density at radius 1 is 1.00 bits per heavy atom. The lowest BCUT2D eigenvalue weighted by molar-refractivity contribution is -0.336. The molecule has 7 rings (SSSR count). The number of epoxide rings is 1. The van der Waals surface area contributed by atoms with E-state index in [4.69, 9.17) is 28.4 Å². The van der Waals surface area contributed by atoms with Crippen LogP contribution in [0.4, 0.5) is 0 Å². The van der Waals surface area contributed by atoms with Crippen LogP contribution in [0.2, 0.25) is 0 Å². The van der Waals surface area contributed by atoms with Gasteiger partial charge in [0.2, 0.25) is 5.60 Å². The van der Waals surface area contributed by atoms with E-state index >= 15 is 0 Å². The van der Waals surface area contributed by atoms with Gasteiger partial charge in [-0.05, 0) is 87.3 Å². The van der Waals surface area contributed by atoms with E-state index < -0.39 is 93.0 Å². The molecule has 54 heavy (non-hydrogen) atoms. The number of fused-ring (bicyclic) bond motifs is 9. The Bertz CT molecular complexity index is 1850. The van der Waals surface area contributed by atoms with Crippen LogP contribution in [0.25, 0.3) is 0 Å². The van der Waals surface area contributed by atoms with Crippen LogP contribution < -0.4 is 0 Å². The average molecular weight is 749 g/mol. The van der Waals surface area contributed by atoms with Gasteiger partial charge < -0.3 is 33.5 Å². The molecular formula is C42H52O12. The Hall–Kier alpha value is -4.03. The fourth-order valence-electron chi connectivity index (χ4n) is 12.7. The number of allylic oxidation sites excluding steroid dienone is 1. The van der Waals surface area contributed by atoms with Gasteiger partial charge in [0.05, 0.1) is 23.7 Å². The second-order valence-corrected chi connectivity index (χ2v) is 17.4. The highest BCUT2D eigenvalue weighted by Gasteiger charge is 2.90. The van der Waals surface area contributed by atoms with Crippen molar-refractivity contribution in [2.24, 2.45) is 39.4 Å². The smallest absolute Gasteiger partial charge is 0.342 e. The maximum atomic E-state index is 13.8. The molecule has 0 aromatic heterocycles. The molecule has 292 valence electrons. The standard InChI is InChI=1S/C42H52O12/c1-22-11-10-12-27(19-22)35(46)51-24(3)40-18-16-28-37(6,29(40)13-14-31(45)50-21-40)17-15-30-38(28,7)33(52-25(4)43)34(53-26(5)44)39(8)41(30,48)20-23(2)32-42(39,54-32)36(47)49-9/h10-14,19,24,28-30,32-34,48H,2,15-18,20-21H2,1,3-9H3/t24?,28?,29-,30?,32+,33+,34-,37+,38+,39+,40-,41+,42-/m0/s1. The van der Waals surface area contributed by atoms with Crippen LogP contribution in [0.5, 0.6) is 0 Å². The normalized spacial score (nSPS) is 43.6. The van der Waals surface area contributed by atoms with Gasteiger partial charge in [0, 0.05) is 37.2 Å². The third-order valence-electron chi connectivity index (χ3n) is 15.0. The Labute approximate surface area is 315 Å². The number of benzene rings is 1. The van der Waals surface area contributed by atoms with E-state index in [1.54, 1.807) is 25.1 Å². The molecule has 13 atom stereocenters. The zero-order valence-electron chi connectivity index (χ0n) is 32.4. The van der Waals surface area contributed by atoms with Crippen LogP contribution in [0.3, 0.4) is 0 Å². The van der Waals surface area contributed by atoms with E-state index in [-0.39, 0.29) is 24.9 Å². The van der Waals surface area contributed by atoms with Gasteiger partial charge in [-0.1, -0.05) is 44.2 Å². The van der Waals surface area contributed by atoms with Crippen LogP contribution in [0.1, 0.15) is 89.6 Å². The van der Waals surface area contributed by atoms with Gasteiger partial charge in [-0.2, -0.15) is 0 Å². The number of aryl methyl sites for hydroxylation is 1. The number of hydrogen-bond acceptors (Lipinski definition) is 12. The lowest BCUT2D eigenvalue weighted by Gasteiger charge is -2.73. The van der Waals surface area contributed by atoms with Crippen molar-refractivity contribution in [3.8, 4) is 0 Å². The molecule has 2 heterocycles. The van der Waals surface area contributed by atoms with Crippen molar-refractivity contribution in [3.05, 3.63) is 59.7 Å². The Morgan fingerprint density at radius 3 is 2.31 bits per heavy atom. The summed E-state index contributed by atoms with van der Waals surface area (Å²) in [5, 5.41) is 13.5. The first-order chi connectivity index (χ1) is 25.3. The van der Waals surface area contributed by atoms with E-state index in [2.05, 4.69) is 13.5 Å². The summed E-state index contributed by atoms with van der Waals surface area (Å²) in [6, 6.07) is 7.18. The predicted molar refractivity (Wildman–Crippen MR) is 191 cm³/mol. The molecule has 0 radical (unpaired) electrons. The molecule has 2 aliphatic heterocycles. The van der Waals surface area contributed by atoms with Gasteiger partial charge in [-0.3, -0.25) is 9.59 Å². The highest BCUT2D eigenvalue weighted by Crippen LogP contribution is 2.78. The lowest BCUT2D eigenvalue weighted by Crippen LogP contribution is -2.82. The summed E-state index contributed by atoms with van der Waals surface area (Å²) in [5.74, 6) is -4.30. The molecule has 12 heteroatoms. The minimum atomic E-state index is -1.74. The largest absolute Gasteiger partial charge is 0.467 e. The molecule has 1 aromatic rings. The number of carbonyl (C=O) groups excluding carboxylic acids is 5. The molecule has 4 aliphatic carbocycles. The minimum Gasteiger partial charge on any atom is -0.467 e. The first kappa shape index (κ1) is 38.3. The summed E-state index contributed by atoms with van der Waals surface area (Å²) >= 11 is 0. The van der Waals surface area contributed by atoms with Gasteiger partial charge in [-0.25, -0.2) is 14.4 Å². The number of rotatable bonds is 6. The summed E-state index contributed by atoms with van der Waals surface area (Å²) in [6.45, 7) is 16.4. The molecule has 3 unspecified atom stereocenters. The maximum Gasteiger partial charge on any atom is 0.342 e. The van der Waals surface area contributed by atoms with Gasteiger partial charge in [0.25, 0.3) is 0 Å². The molecule has 0 bridgehead atoms. The summed E-state index contributed by atoms with van der Waals surface area (Å²) in [4.78, 5) is 66.6. The monoisotopic (exact) mass is 748 g/mol. The summed E-state index contributed by atoms with van der Waals surface area (Å²) < 4.78 is 36.1. The number of carbonyl (C=O) groups is 5. The average Bonchev–Trinajstić information content (AvgIpc) is 3.90.